The van der Waals surface area contributed by atoms with E-state index < -0.39 is 0 Å². The summed E-state index contributed by atoms with van der Waals surface area (Å²) in [5.41, 5.74) is 7.70. The smallest absolute Gasteiger partial charge is 0.186 e. The Balaban J connectivity index is 2.17. The number of hydrogen-bond acceptors (Lipinski definition) is 5. The average molecular weight is 300 g/mol. The molecule has 4 nitrogen and oxygen atoms in total. The fourth-order valence-corrected chi connectivity index (χ4v) is 3.20. The number of aryl methyl sites for hydroxylation is 1. The highest BCUT2D eigenvalue weighted by Crippen LogP contribution is 2.42. The zero-order valence-electron chi connectivity index (χ0n) is 11.9. The third kappa shape index (κ3) is 2.40. The van der Waals surface area contributed by atoms with Crippen LogP contribution in [-0.2, 0) is 6.42 Å². The maximum absolute atomic E-state index is 6.02. The molecule has 0 saturated carbocycles. The lowest BCUT2D eigenvalue weighted by molar-refractivity contribution is 0.416. The quantitative estimate of drug-likeness (QED) is 0.783. The molecule has 0 saturated heterocycles. The maximum Gasteiger partial charge on any atom is 0.186 e. The Morgan fingerprint density at radius 3 is 2.76 bits per heavy atom. The molecule has 1 aromatic carbocycles. The summed E-state index contributed by atoms with van der Waals surface area (Å²) in [6.45, 7) is 2.13. The van der Waals surface area contributed by atoms with Crippen molar-refractivity contribution in [2.24, 2.45) is 0 Å². The molecule has 3 rings (SSSR count). The summed E-state index contributed by atoms with van der Waals surface area (Å²) in [5.74, 6) is 1.82. The van der Waals surface area contributed by atoms with Gasteiger partial charge in [0.05, 0.1) is 17.6 Å². The summed E-state index contributed by atoms with van der Waals surface area (Å²) >= 11 is 1.69. The molecule has 0 atom stereocenters. The normalized spacial score (nSPS) is 10.8. The monoisotopic (exact) mass is 300 g/mol. The number of methoxy groups -OCH3 is 1. The van der Waals surface area contributed by atoms with Crippen LogP contribution >= 0.6 is 11.3 Å². The summed E-state index contributed by atoms with van der Waals surface area (Å²) in [6.07, 6.45) is 0.998. The number of nitrogens with zero attached hydrogens (tertiary/aromatic N) is 1. The first-order chi connectivity index (χ1) is 10.2. The summed E-state index contributed by atoms with van der Waals surface area (Å²) < 4.78 is 10.9. The molecule has 2 heterocycles. The highest BCUT2D eigenvalue weighted by Gasteiger charge is 2.21. The van der Waals surface area contributed by atoms with E-state index in [1.165, 1.54) is 4.88 Å². The zero-order chi connectivity index (χ0) is 14.8. The third-order valence-corrected chi connectivity index (χ3v) is 4.56. The fourth-order valence-electron chi connectivity index (χ4n) is 2.27. The first-order valence-corrected chi connectivity index (χ1v) is 7.53. The van der Waals surface area contributed by atoms with Crippen LogP contribution < -0.4 is 10.5 Å². The van der Waals surface area contributed by atoms with Gasteiger partial charge in [0.25, 0.3) is 0 Å². The van der Waals surface area contributed by atoms with Crippen LogP contribution in [0.3, 0.4) is 0 Å². The Hall–Kier alpha value is -2.27. The van der Waals surface area contributed by atoms with E-state index in [0.29, 0.717) is 11.6 Å². The standard InChI is InChI=1S/C16H16N2O2S/c1-3-10-8-9-13(21-10)15-14(16(17)18-20-15)11-6-4-5-7-12(11)19-2/h4-9H,3H2,1-2H3,(H2,17,18). The first kappa shape index (κ1) is 13.7. The number of rotatable bonds is 4. The van der Waals surface area contributed by atoms with Gasteiger partial charge in [-0.2, -0.15) is 0 Å². The molecule has 2 N–H and O–H groups in total. The Kier molecular flexibility index (Phi) is 3.66. The Bertz CT molecular complexity index is 761. The van der Waals surface area contributed by atoms with Gasteiger partial charge in [-0.3, -0.25) is 0 Å². The van der Waals surface area contributed by atoms with Gasteiger partial charge in [-0.1, -0.05) is 30.3 Å². The van der Waals surface area contributed by atoms with Gasteiger partial charge in [0.15, 0.2) is 11.6 Å². The van der Waals surface area contributed by atoms with Gasteiger partial charge in [-0.25, -0.2) is 0 Å². The van der Waals surface area contributed by atoms with E-state index in [1.807, 2.05) is 30.3 Å². The van der Waals surface area contributed by atoms with E-state index >= 15 is 0 Å². The van der Waals surface area contributed by atoms with Crippen LogP contribution in [0.2, 0.25) is 0 Å². The predicted octanol–water partition coefficient (Wildman–Crippen LogP) is 4.22. The number of nitrogen functional groups attached to an aromatic ring is 1. The summed E-state index contributed by atoms with van der Waals surface area (Å²) in [6, 6.07) is 11.9. The number of hydrogen-bond donors (Lipinski definition) is 1. The summed E-state index contributed by atoms with van der Waals surface area (Å²) in [5, 5.41) is 3.93. The number of aromatic nitrogens is 1. The van der Waals surface area contributed by atoms with E-state index in [-0.39, 0.29) is 0 Å². The lowest BCUT2D eigenvalue weighted by atomic mass is 10.0. The van der Waals surface area contributed by atoms with Crippen molar-refractivity contribution in [1.29, 1.82) is 0 Å². The molecule has 0 aliphatic heterocycles. The lowest BCUT2D eigenvalue weighted by Crippen LogP contribution is -1.92. The van der Waals surface area contributed by atoms with Crippen LogP contribution in [0.25, 0.3) is 21.8 Å². The SMILES string of the molecule is CCc1ccc(-c2onc(N)c2-c2ccccc2OC)s1. The van der Waals surface area contributed by atoms with Crippen molar-refractivity contribution in [3.63, 3.8) is 0 Å². The predicted molar refractivity (Wildman–Crippen MR) is 85.6 cm³/mol. The van der Waals surface area contributed by atoms with E-state index in [4.69, 9.17) is 15.0 Å². The van der Waals surface area contributed by atoms with Crippen LogP contribution in [0.5, 0.6) is 5.75 Å². The molecule has 0 amide bonds. The van der Waals surface area contributed by atoms with Crippen LogP contribution in [0.15, 0.2) is 40.9 Å². The summed E-state index contributed by atoms with van der Waals surface area (Å²) in [7, 11) is 1.64. The van der Waals surface area contributed by atoms with Crippen molar-refractivity contribution in [1.82, 2.24) is 5.16 Å². The molecule has 3 aromatic rings. The number of thiophene rings is 1. The molecule has 0 fully saturated rings. The van der Waals surface area contributed by atoms with Crippen molar-refractivity contribution >= 4 is 17.2 Å². The molecule has 2 aromatic heterocycles. The first-order valence-electron chi connectivity index (χ1n) is 6.72. The van der Waals surface area contributed by atoms with Crippen molar-refractivity contribution < 1.29 is 9.26 Å². The van der Waals surface area contributed by atoms with Crippen LogP contribution in [0.1, 0.15) is 11.8 Å². The van der Waals surface area contributed by atoms with E-state index in [9.17, 15) is 0 Å². The Labute approximate surface area is 127 Å². The topological polar surface area (TPSA) is 61.3 Å². The molecule has 0 aliphatic carbocycles. The minimum Gasteiger partial charge on any atom is -0.496 e. The minimum absolute atomic E-state index is 0.376. The Morgan fingerprint density at radius 2 is 2.05 bits per heavy atom. The second kappa shape index (κ2) is 5.61. The van der Waals surface area contributed by atoms with Crippen LogP contribution in [0.4, 0.5) is 5.82 Å². The number of para-hydroxylation sites is 1. The third-order valence-electron chi connectivity index (χ3n) is 3.33. The van der Waals surface area contributed by atoms with E-state index in [1.54, 1.807) is 18.4 Å². The van der Waals surface area contributed by atoms with E-state index in [2.05, 4.69) is 18.1 Å². The molecule has 21 heavy (non-hydrogen) atoms. The number of anilines is 1. The second-order valence-corrected chi connectivity index (χ2v) is 5.76. The van der Waals surface area contributed by atoms with Crippen LogP contribution in [0, 0.1) is 0 Å². The molecule has 0 aliphatic rings. The largest absolute Gasteiger partial charge is 0.496 e. The van der Waals surface area contributed by atoms with Crippen molar-refractivity contribution in [2.75, 3.05) is 12.8 Å². The molecule has 0 radical (unpaired) electrons. The molecule has 0 spiro atoms. The van der Waals surface area contributed by atoms with Gasteiger partial charge in [0, 0.05) is 10.4 Å². The zero-order valence-corrected chi connectivity index (χ0v) is 12.7. The number of nitrogens with two attached hydrogens (primary N) is 1. The molecule has 108 valence electrons. The summed E-state index contributed by atoms with van der Waals surface area (Å²) in [4.78, 5) is 2.32. The lowest BCUT2D eigenvalue weighted by Gasteiger charge is -2.07. The average Bonchev–Trinajstić information content (AvgIpc) is 3.13. The van der Waals surface area contributed by atoms with Gasteiger partial charge in [-0.05, 0) is 24.6 Å². The van der Waals surface area contributed by atoms with Crippen molar-refractivity contribution in [3.8, 4) is 27.5 Å². The van der Waals surface area contributed by atoms with Gasteiger partial charge < -0.3 is 15.0 Å². The highest BCUT2D eigenvalue weighted by atomic mass is 32.1. The second-order valence-electron chi connectivity index (χ2n) is 4.59. The van der Waals surface area contributed by atoms with Crippen molar-refractivity contribution in [3.05, 3.63) is 41.3 Å². The molecular formula is C16H16N2O2S. The van der Waals surface area contributed by atoms with Gasteiger partial charge in [0.1, 0.15) is 5.75 Å². The van der Waals surface area contributed by atoms with E-state index in [0.717, 1.165) is 28.2 Å². The number of ether oxygens (including phenoxy) is 1. The van der Waals surface area contributed by atoms with Crippen molar-refractivity contribution in [2.45, 2.75) is 13.3 Å². The van der Waals surface area contributed by atoms with Gasteiger partial charge >= 0.3 is 0 Å². The van der Waals surface area contributed by atoms with Gasteiger partial charge in [0.2, 0.25) is 0 Å². The highest BCUT2D eigenvalue weighted by molar-refractivity contribution is 7.15. The maximum atomic E-state index is 6.02. The fraction of sp³-hybridized carbons (Fsp3) is 0.188. The molecule has 0 unspecified atom stereocenters. The minimum atomic E-state index is 0.376. The Morgan fingerprint density at radius 1 is 1.24 bits per heavy atom. The van der Waals surface area contributed by atoms with Crippen LogP contribution in [-0.4, -0.2) is 12.3 Å². The molecule has 5 heteroatoms. The number of benzene rings is 1. The molecule has 0 bridgehead atoms. The molecular weight excluding hydrogens is 284 g/mol. The van der Waals surface area contributed by atoms with Gasteiger partial charge in [-0.15, -0.1) is 11.3 Å².